The second-order valence-electron chi connectivity index (χ2n) is 3.39. The molecular formula is C10H10ClFO3S. The minimum absolute atomic E-state index is 0.0952. The maximum atomic E-state index is 12.9. The number of hydrogen-bond donors (Lipinski definition) is 0. The van der Waals surface area contributed by atoms with Crippen LogP contribution < -0.4 is 0 Å². The van der Waals surface area contributed by atoms with Gasteiger partial charge in [0.15, 0.2) is 0 Å². The summed E-state index contributed by atoms with van der Waals surface area (Å²) in [5.41, 5.74) is 0.227. The molecule has 0 radical (unpaired) electrons. The van der Waals surface area contributed by atoms with Crippen molar-refractivity contribution in [1.29, 1.82) is 0 Å². The predicted molar refractivity (Wildman–Crippen MR) is 58.4 cm³/mol. The first kappa shape index (κ1) is 13.1. The van der Waals surface area contributed by atoms with Crippen molar-refractivity contribution >= 4 is 25.5 Å². The van der Waals surface area contributed by atoms with Crippen molar-refractivity contribution in [3.8, 4) is 0 Å². The Bertz CT molecular complexity index is 511. The molecule has 1 aromatic carbocycles. The molecule has 0 saturated heterocycles. The molecule has 6 heteroatoms. The molecule has 0 saturated carbocycles. The molecule has 0 aromatic heterocycles. The number of halogens is 2. The molecule has 0 unspecified atom stereocenters. The van der Waals surface area contributed by atoms with Crippen LogP contribution in [0, 0.1) is 5.82 Å². The second kappa shape index (κ2) is 4.93. The normalized spacial score (nSPS) is 11.4. The van der Waals surface area contributed by atoms with E-state index in [9.17, 15) is 17.6 Å². The van der Waals surface area contributed by atoms with Crippen molar-refractivity contribution in [1.82, 2.24) is 0 Å². The minimum atomic E-state index is -3.90. The highest BCUT2D eigenvalue weighted by Gasteiger charge is 2.16. The van der Waals surface area contributed by atoms with E-state index in [1.54, 1.807) is 0 Å². The second-order valence-corrected chi connectivity index (χ2v) is 5.93. The SMILES string of the molecule is CC(=O)CCc1cc(F)ccc1S(=O)(=O)Cl. The Kier molecular flexibility index (Phi) is 4.04. The zero-order chi connectivity index (χ0) is 12.3. The average Bonchev–Trinajstić information content (AvgIpc) is 2.12. The molecule has 1 aromatic rings. The van der Waals surface area contributed by atoms with Crippen LogP contribution >= 0.6 is 10.7 Å². The summed E-state index contributed by atoms with van der Waals surface area (Å²) < 4.78 is 35.3. The fraction of sp³-hybridized carbons (Fsp3) is 0.300. The highest BCUT2D eigenvalue weighted by molar-refractivity contribution is 8.13. The Morgan fingerprint density at radius 1 is 1.44 bits per heavy atom. The summed E-state index contributed by atoms with van der Waals surface area (Å²) in [4.78, 5) is 10.6. The third-order valence-electron chi connectivity index (χ3n) is 2.03. The van der Waals surface area contributed by atoms with Crippen LogP contribution in [-0.2, 0) is 20.3 Å². The first-order valence-corrected chi connectivity index (χ1v) is 6.84. The van der Waals surface area contributed by atoms with Crippen LogP contribution in [0.15, 0.2) is 23.1 Å². The zero-order valence-corrected chi connectivity index (χ0v) is 10.1. The lowest BCUT2D eigenvalue weighted by Gasteiger charge is -2.05. The van der Waals surface area contributed by atoms with Crippen molar-refractivity contribution in [2.75, 3.05) is 0 Å². The van der Waals surface area contributed by atoms with Gasteiger partial charge in [-0.3, -0.25) is 0 Å². The molecule has 3 nitrogen and oxygen atoms in total. The van der Waals surface area contributed by atoms with E-state index < -0.39 is 14.9 Å². The molecule has 16 heavy (non-hydrogen) atoms. The van der Waals surface area contributed by atoms with E-state index in [1.165, 1.54) is 6.92 Å². The van der Waals surface area contributed by atoms with Gasteiger partial charge in [-0.1, -0.05) is 0 Å². The maximum Gasteiger partial charge on any atom is 0.261 e. The first-order valence-electron chi connectivity index (χ1n) is 4.53. The minimum Gasteiger partial charge on any atom is -0.300 e. The summed E-state index contributed by atoms with van der Waals surface area (Å²) in [6.45, 7) is 1.38. The summed E-state index contributed by atoms with van der Waals surface area (Å²) >= 11 is 0. The molecule has 0 spiro atoms. The van der Waals surface area contributed by atoms with Gasteiger partial charge in [-0.05, 0) is 37.1 Å². The Morgan fingerprint density at radius 3 is 2.56 bits per heavy atom. The average molecular weight is 265 g/mol. The third-order valence-corrected chi connectivity index (χ3v) is 3.45. The van der Waals surface area contributed by atoms with Crippen LogP contribution in [0.3, 0.4) is 0 Å². The monoisotopic (exact) mass is 264 g/mol. The molecule has 88 valence electrons. The van der Waals surface area contributed by atoms with Crippen molar-refractivity contribution < 1.29 is 17.6 Å². The molecule has 0 heterocycles. The van der Waals surface area contributed by atoms with E-state index in [2.05, 4.69) is 0 Å². The number of Topliss-reactive ketones (excluding diaryl/α,β-unsaturated/α-hetero) is 1. The van der Waals surface area contributed by atoms with Crippen molar-refractivity contribution in [2.45, 2.75) is 24.7 Å². The Hall–Kier alpha value is -0.940. The Labute approximate surface area is 97.7 Å². The third kappa shape index (κ3) is 3.57. The van der Waals surface area contributed by atoms with Gasteiger partial charge >= 0.3 is 0 Å². The van der Waals surface area contributed by atoms with Gasteiger partial charge in [-0.2, -0.15) is 0 Å². The molecule has 0 atom stereocenters. The van der Waals surface area contributed by atoms with Crippen LogP contribution in [0.1, 0.15) is 18.9 Å². The maximum absolute atomic E-state index is 12.9. The van der Waals surface area contributed by atoms with Gasteiger partial charge < -0.3 is 4.79 Å². The van der Waals surface area contributed by atoms with Gasteiger partial charge in [0.1, 0.15) is 11.6 Å². The molecular weight excluding hydrogens is 255 g/mol. The molecule has 0 N–H and O–H groups in total. The predicted octanol–water partition coefficient (Wildman–Crippen LogP) is 2.27. The Balaban J connectivity index is 3.14. The number of hydrogen-bond acceptors (Lipinski definition) is 3. The molecule has 0 amide bonds. The largest absolute Gasteiger partial charge is 0.300 e. The molecule has 0 bridgehead atoms. The van der Waals surface area contributed by atoms with Gasteiger partial charge in [0.2, 0.25) is 0 Å². The van der Waals surface area contributed by atoms with Crippen molar-refractivity contribution in [3.05, 3.63) is 29.6 Å². The van der Waals surface area contributed by atoms with Gasteiger partial charge in [-0.25, -0.2) is 12.8 Å². The van der Waals surface area contributed by atoms with E-state index in [1.807, 2.05) is 0 Å². The number of ketones is 1. The fourth-order valence-electron chi connectivity index (χ4n) is 1.29. The molecule has 0 aliphatic heterocycles. The van der Waals surface area contributed by atoms with E-state index in [4.69, 9.17) is 10.7 Å². The first-order chi connectivity index (χ1) is 7.30. The fourth-order valence-corrected chi connectivity index (χ4v) is 2.45. The number of aryl methyl sites for hydroxylation is 1. The van der Waals surface area contributed by atoms with E-state index >= 15 is 0 Å². The van der Waals surface area contributed by atoms with Gasteiger partial charge in [0.25, 0.3) is 9.05 Å². The number of benzene rings is 1. The quantitative estimate of drug-likeness (QED) is 0.784. The van der Waals surface area contributed by atoms with Crippen LogP contribution in [0.2, 0.25) is 0 Å². The summed E-state index contributed by atoms with van der Waals surface area (Å²) in [5.74, 6) is -0.648. The standard InChI is InChI=1S/C10H10ClFO3S/c1-7(13)2-3-8-6-9(12)4-5-10(8)16(11,14)15/h4-6H,2-3H2,1H3. The highest BCUT2D eigenvalue weighted by atomic mass is 35.7. The molecule has 1 rings (SSSR count). The summed E-state index contributed by atoms with van der Waals surface area (Å²) in [6.07, 6.45) is 0.317. The molecule has 0 aliphatic carbocycles. The topological polar surface area (TPSA) is 51.2 Å². The summed E-state index contributed by atoms with van der Waals surface area (Å²) in [6, 6.07) is 3.21. The van der Waals surface area contributed by atoms with Crippen molar-refractivity contribution in [3.63, 3.8) is 0 Å². The van der Waals surface area contributed by atoms with Crippen LogP contribution in [0.25, 0.3) is 0 Å². The van der Waals surface area contributed by atoms with Crippen LogP contribution in [0.5, 0.6) is 0 Å². The summed E-state index contributed by atoms with van der Waals surface area (Å²) in [5, 5.41) is 0. The highest BCUT2D eigenvalue weighted by Crippen LogP contribution is 2.22. The van der Waals surface area contributed by atoms with E-state index in [0.717, 1.165) is 18.2 Å². The lowest BCUT2D eigenvalue weighted by atomic mass is 10.1. The van der Waals surface area contributed by atoms with E-state index in [0.29, 0.717) is 0 Å². The molecule has 0 aliphatic rings. The van der Waals surface area contributed by atoms with Crippen LogP contribution in [-0.4, -0.2) is 14.2 Å². The van der Waals surface area contributed by atoms with Crippen molar-refractivity contribution in [2.24, 2.45) is 0 Å². The van der Waals surface area contributed by atoms with Crippen LogP contribution in [0.4, 0.5) is 4.39 Å². The smallest absolute Gasteiger partial charge is 0.261 e. The van der Waals surface area contributed by atoms with E-state index in [-0.39, 0.29) is 29.1 Å². The van der Waals surface area contributed by atoms with Gasteiger partial charge in [0.05, 0.1) is 4.90 Å². The zero-order valence-electron chi connectivity index (χ0n) is 8.54. The van der Waals surface area contributed by atoms with Gasteiger partial charge in [0, 0.05) is 17.1 Å². The summed E-state index contributed by atoms with van der Waals surface area (Å²) in [7, 11) is 1.29. The lowest BCUT2D eigenvalue weighted by molar-refractivity contribution is -0.116. The lowest BCUT2D eigenvalue weighted by Crippen LogP contribution is -2.01. The van der Waals surface area contributed by atoms with Gasteiger partial charge in [-0.15, -0.1) is 0 Å². The molecule has 0 fully saturated rings. The number of carbonyl (C=O) groups is 1. The Morgan fingerprint density at radius 2 is 2.06 bits per heavy atom. The number of rotatable bonds is 4. The number of carbonyl (C=O) groups excluding carboxylic acids is 1.